The van der Waals surface area contributed by atoms with Gasteiger partial charge in [0.2, 0.25) is 0 Å². The largest absolute Gasteiger partial charge is 0.493 e. The van der Waals surface area contributed by atoms with Crippen LogP contribution in [0, 0.1) is 0 Å². The highest BCUT2D eigenvalue weighted by Crippen LogP contribution is 2.34. The predicted octanol–water partition coefficient (Wildman–Crippen LogP) is 3.46. The summed E-state index contributed by atoms with van der Waals surface area (Å²) in [5.74, 6) is 1.25. The summed E-state index contributed by atoms with van der Waals surface area (Å²) in [5, 5.41) is 0. The number of hydrogen-bond acceptors (Lipinski definition) is 3. The zero-order chi connectivity index (χ0) is 14.9. The Labute approximate surface area is 127 Å². The van der Waals surface area contributed by atoms with E-state index in [0.717, 1.165) is 50.3 Å². The zero-order valence-electron chi connectivity index (χ0n) is 13.2. The molecule has 0 radical (unpaired) electrons. The third-order valence-corrected chi connectivity index (χ3v) is 5.26. The number of ketones is 1. The van der Waals surface area contributed by atoms with Crippen LogP contribution in [0.3, 0.4) is 0 Å². The van der Waals surface area contributed by atoms with Gasteiger partial charge in [0.15, 0.2) is 5.78 Å². The Hall–Kier alpha value is -1.35. The van der Waals surface area contributed by atoms with Gasteiger partial charge in [-0.05, 0) is 62.5 Å². The molecular weight excluding hydrogens is 262 g/mol. The highest BCUT2D eigenvalue weighted by molar-refractivity contribution is 6.03. The molecule has 0 atom stereocenters. The molecule has 3 nitrogen and oxygen atoms in total. The number of ether oxygens (including phenoxy) is 1. The molecule has 2 aliphatic rings. The number of carbonyl (C=O) groups is 1. The normalized spacial score (nSPS) is 18.6. The van der Waals surface area contributed by atoms with Crippen molar-refractivity contribution in [2.75, 3.05) is 19.7 Å². The molecule has 0 aromatic heterocycles. The van der Waals surface area contributed by atoms with Crippen LogP contribution in [0.25, 0.3) is 0 Å². The van der Waals surface area contributed by atoms with E-state index in [4.69, 9.17) is 4.74 Å². The molecule has 0 N–H and O–H groups in total. The summed E-state index contributed by atoms with van der Waals surface area (Å²) in [6, 6.07) is 5.97. The van der Waals surface area contributed by atoms with Gasteiger partial charge in [-0.2, -0.15) is 0 Å². The third kappa shape index (κ3) is 2.38. The minimum absolute atomic E-state index is 0.295. The molecule has 2 heterocycles. The van der Waals surface area contributed by atoms with Crippen LogP contribution in [0.5, 0.6) is 5.75 Å². The molecule has 0 spiro atoms. The van der Waals surface area contributed by atoms with Gasteiger partial charge in [-0.3, -0.25) is 9.69 Å². The van der Waals surface area contributed by atoms with E-state index in [1.165, 1.54) is 18.4 Å². The third-order valence-electron chi connectivity index (χ3n) is 5.26. The molecule has 1 saturated heterocycles. The Morgan fingerprint density at radius 1 is 1.24 bits per heavy atom. The summed E-state index contributed by atoms with van der Waals surface area (Å²) in [6.07, 6.45) is 5.12. The number of Topliss-reactive ketones (excluding diaryl/α,β-unsaturated/α-hetero) is 1. The molecule has 0 saturated carbocycles. The van der Waals surface area contributed by atoms with E-state index in [0.29, 0.717) is 5.78 Å². The fourth-order valence-corrected chi connectivity index (χ4v) is 3.90. The smallest absolute Gasteiger partial charge is 0.183 e. The van der Waals surface area contributed by atoms with Gasteiger partial charge in [0.05, 0.1) is 12.1 Å². The van der Waals surface area contributed by atoms with Crippen LogP contribution in [0.15, 0.2) is 18.2 Å². The lowest BCUT2D eigenvalue weighted by Crippen LogP contribution is -2.52. The van der Waals surface area contributed by atoms with Crippen LogP contribution in [0.2, 0.25) is 0 Å². The number of hydrogen-bond donors (Lipinski definition) is 0. The fraction of sp³-hybridized carbons (Fsp3) is 0.611. The van der Waals surface area contributed by atoms with Gasteiger partial charge in [0, 0.05) is 12.0 Å². The summed E-state index contributed by atoms with van der Waals surface area (Å²) in [4.78, 5) is 15.6. The van der Waals surface area contributed by atoms with Crippen molar-refractivity contribution in [3.63, 3.8) is 0 Å². The number of fused-ring (bicyclic) bond motifs is 1. The Balaban J connectivity index is 1.93. The Morgan fingerprint density at radius 2 is 1.95 bits per heavy atom. The van der Waals surface area contributed by atoms with Crippen LogP contribution < -0.4 is 4.74 Å². The lowest BCUT2D eigenvalue weighted by atomic mass is 9.82. The molecule has 21 heavy (non-hydrogen) atoms. The maximum absolute atomic E-state index is 13.2. The predicted molar refractivity (Wildman–Crippen MR) is 84.1 cm³/mol. The number of likely N-dealkylation sites (tertiary alicyclic amines) is 1. The van der Waals surface area contributed by atoms with Crippen molar-refractivity contribution in [3.05, 3.63) is 29.3 Å². The van der Waals surface area contributed by atoms with E-state index < -0.39 is 0 Å². The average Bonchev–Trinajstić information content (AvgIpc) is 3.19. The summed E-state index contributed by atoms with van der Waals surface area (Å²) in [7, 11) is 0. The standard InChI is InChI=1S/C18H25NO2/c1-3-18(4-2,19-10-5-6-11-19)17(20)15-7-8-16-14(13-15)9-12-21-16/h7-8,13H,3-6,9-12H2,1-2H3. The zero-order valence-corrected chi connectivity index (χ0v) is 13.2. The molecular formula is C18H25NO2. The topological polar surface area (TPSA) is 29.5 Å². The molecule has 3 heteroatoms. The second-order valence-electron chi connectivity index (χ2n) is 6.18. The summed E-state index contributed by atoms with van der Waals surface area (Å²) in [5.41, 5.74) is 1.72. The van der Waals surface area contributed by atoms with Gasteiger partial charge in [0.1, 0.15) is 5.75 Å². The number of benzene rings is 1. The molecule has 0 amide bonds. The quantitative estimate of drug-likeness (QED) is 0.777. The van der Waals surface area contributed by atoms with Crippen LogP contribution in [-0.4, -0.2) is 35.9 Å². The van der Waals surface area contributed by atoms with E-state index in [9.17, 15) is 4.79 Å². The molecule has 0 aliphatic carbocycles. The summed E-state index contributed by atoms with van der Waals surface area (Å²) in [6.45, 7) is 7.15. The maximum atomic E-state index is 13.2. The Morgan fingerprint density at radius 3 is 2.62 bits per heavy atom. The number of carbonyl (C=O) groups excluding carboxylic acids is 1. The molecule has 3 rings (SSSR count). The van der Waals surface area contributed by atoms with E-state index in [2.05, 4.69) is 24.8 Å². The fourth-order valence-electron chi connectivity index (χ4n) is 3.90. The SMILES string of the molecule is CCC(CC)(C(=O)c1ccc2c(c1)CCO2)N1CCCC1. The average molecular weight is 287 g/mol. The van der Waals surface area contributed by atoms with E-state index >= 15 is 0 Å². The van der Waals surface area contributed by atoms with Gasteiger partial charge < -0.3 is 4.74 Å². The first kappa shape index (κ1) is 14.6. The first-order valence-electron chi connectivity index (χ1n) is 8.27. The van der Waals surface area contributed by atoms with Crippen molar-refractivity contribution in [2.24, 2.45) is 0 Å². The lowest BCUT2D eigenvalue weighted by Gasteiger charge is -2.39. The molecule has 1 aromatic rings. The second-order valence-corrected chi connectivity index (χ2v) is 6.18. The molecule has 2 aliphatic heterocycles. The Bertz CT molecular complexity index is 528. The van der Waals surface area contributed by atoms with Crippen molar-refractivity contribution < 1.29 is 9.53 Å². The lowest BCUT2D eigenvalue weighted by molar-refractivity contribution is 0.0581. The van der Waals surface area contributed by atoms with Crippen LogP contribution in [0.1, 0.15) is 55.5 Å². The number of rotatable bonds is 5. The van der Waals surface area contributed by atoms with Gasteiger partial charge >= 0.3 is 0 Å². The van der Waals surface area contributed by atoms with Crippen molar-refractivity contribution in [3.8, 4) is 5.75 Å². The molecule has 0 unspecified atom stereocenters. The Kier molecular flexibility index (Phi) is 4.03. The van der Waals surface area contributed by atoms with Crippen molar-refractivity contribution in [2.45, 2.75) is 51.5 Å². The molecule has 1 fully saturated rings. The minimum atomic E-state index is -0.315. The van der Waals surface area contributed by atoms with Crippen molar-refractivity contribution >= 4 is 5.78 Å². The summed E-state index contributed by atoms with van der Waals surface area (Å²) >= 11 is 0. The van der Waals surface area contributed by atoms with E-state index in [-0.39, 0.29) is 5.54 Å². The highest BCUT2D eigenvalue weighted by Gasteiger charge is 2.42. The first-order valence-corrected chi connectivity index (χ1v) is 8.27. The summed E-state index contributed by atoms with van der Waals surface area (Å²) < 4.78 is 5.55. The van der Waals surface area contributed by atoms with Gasteiger partial charge in [-0.1, -0.05) is 13.8 Å². The minimum Gasteiger partial charge on any atom is -0.493 e. The van der Waals surface area contributed by atoms with E-state index in [1.54, 1.807) is 0 Å². The van der Waals surface area contributed by atoms with Crippen LogP contribution in [-0.2, 0) is 6.42 Å². The second kappa shape index (κ2) is 5.80. The van der Waals surface area contributed by atoms with Crippen LogP contribution in [0.4, 0.5) is 0 Å². The maximum Gasteiger partial charge on any atom is 0.183 e. The van der Waals surface area contributed by atoms with Gasteiger partial charge in [0.25, 0.3) is 0 Å². The first-order chi connectivity index (χ1) is 10.2. The molecule has 1 aromatic carbocycles. The monoisotopic (exact) mass is 287 g/mol. The molecule has 0 bridgehead atoms. The highest BCUT2D eigenvalue weighted by atomic mass is 16.5. The van der Waals surface area contributed by atoms with E-state index in [1.807, 2.05) is 12.1 Å². The van der Waals surface area contributed by atoms with Gasteiger partial charge in [-0.25, -0.2) is 0 Å². The van der Waals surface area contributed by atoms with Crippen molar-refractivity contribution in [1.82, 2.24) is 4.90 Å². The number of nitrogens with zero attached hydrogens (tertiary/aromatic N) is 1. The van der Waals surface area contributed by atoms with Crippen molar-refractivity contribution in [1.29, 1.82) is 0 Å². The van der Waals surface area contributed by atoms with Gasteiger partial charge in [-0.15, -0.1) is 0 Å². The molecule has 114 valence electrons. The van der Waals surface area contributed by atoms with Crippen LogP contribution >= 0.6 is 0 Å².